The van der Waals surface area contributed by atoms with Crippen molar-refractivity contribution in [3.63, 3.8) is 0 Å². The van der Waals surface area contributed by atoms with Gasteiger partial charge in [-0.05, 0) is 24.3 Å². The Morgan fingerprint density at radius 3 is 2.15 bits per heavy atom. The molecular formula is C16H21NO3. The van der Waals surface area contributed by atoms with Gasteiger partial charge >= 0.3 is 0 Å². The average molecular weight is 275 g/mol. The number of aliphatic hydroxyl groups is 1. The number of aliphatic imine (C=N–C) groups is 1. The number of allylic oxidation sites excluding steroid dienone is 1. The fourth-order valence-electron chi connectivity index (χ4n) is 1.79. The van der Waals surface area contributed by atoms with E-state index in [1.165, 1.54) is 0 Å². The second-order valence-electron chi connectivity index (χ2n) is 5.42. The van der Waals surface area contributed by atoms with Crippen molar-refractivity contribution in [3.05, 3.63) is 41.7 Å². The number of benzene rings is 1. The Balaban J connectivity index is 3.21. The molecule has 108 valence electrons. The Kier molecular flexibility index (Phi) is 5.08. The summed E-state index contributed by atoms with van der Waals surface area (Å²) in [7, 11) is 3.19. The molecule has 0 spiro atoms. The number of aliphatic hydroxyl groups excluding tert-OH is 1. The van der Waals surface area contributed by atoms with Crippen LogP contribution in [0.4, 0.5) is 0 Å². The van der Waals surface area contributed by atoms with E-state index in [2.05, 4.69) is 4.99 Å². The molecule has 0 saturated heterocycles. The molecule has 4 nitrogen and oxygen atoms in total. The molecule has 0 saturated carbocycles. The fraction of sp³-hybridized carbons (Fsp3) is 0.375. The van der Waals surface area contributed by atoms with Crippen molar-refractivity contribution in [1.82, 2.24) is 0 Å². The van der Waals surface area contributed by atoms with Crippen LogP contribution in [-0.4, -0.2) is 30.8 Å². The van der Waals surface area contributed by atoms with Crippen molar-refractivity contribution >= 4 is 11.5 Å². The molecule has 0 aliphatic heterocycles. The third-order valence-electron chi connectivity index (χ3n) is 2.90. The summed E-state index contributed by atoms with van der Waals surface area (Å²) in [5, 5.41) is 9.43. The number of carbonyl (C=O) groups is 1. The Hall–Kier alpha value is -2.10. The zero-order valence-electron chi connectivity index (χ0n) is 12.6. The highest BCUT2D eigenvalue weighted by atomic mass is 16.5. The van der Waals surface area contributed by atoms with Gasteiger partial charge in [0.2, 0.25) is 0 Å². The summed E-state index contributed by atoms with van der Waals surface area (Å²) >= 11 is 0. The number of nitrogens with zero attached hydrogens (tertiary/aromatic N) is 1. The third kappa shape index (κ3) is 3.47. The SMILES string of the molecule is CN=C(/C(=C\O)C(=O)C(C)(C)C)c1ccc(OC)cc1. The highest BCUT2D eigenvalue weighted by molar-refractivity contribution is 6.29. The monoisotopic (exact) mass is 275 g/mol. The molecule has 4 heteroatoms. The minimum Gasteiger partial charge on any atom is -0.515 e. The number of hydrogen-bond acceptors (Lipinski definition) is 4. The first kappa shape index (κ1) is 16.0. The van der Waals surface area contributed by atoms with Gasteiger partial charge < -0.3 is 9.84 Å². The van der Waals surface area contributed by atoms with Gasteiger partial charge in [0.1, 0.15) is 5.75 Å². The molecule has 1 rings (SSSR count). The van der Waals surface area contributed by atoms with E-state index >= 15 is 0 Å². The largest absolute Gasteiger partial charge is 0.515 e. The molecule has 0 aliphatic rings. The first-order chi connectivity index (χ1) is 9.35. The third-order valence-corrected chi connectivity index (χ3v) is 2.90. The van der Waals surface area contributed by atoms with Crippen LogP contribution in [-0.2, 0) is 4.79 Å². The Morgan fingerprint density at radius 2 is 1.80 bits per heavy atom. The lowest BCUT2D eigenvalue weighted by molar-refractivity contribution is -0.122. The molecule has 0 aromatic heterocycles. The van der Waals surface area contributed by atoms with Crippen molar-refractivity contribution in [2.45, 2.75) is 20.8 Å². The molecular weight excluding hydrogens is 254 g/mol. The lowest BCUT2D eigenvalue weighted by atomic mass is 9.83. The minimum atomic E-state index is -0.586. The van der Waals surface area contributed by atoms with Crippen molar-refractivity contribution in [3.8, 4) is 5.75 Å². The van der Waals surface area contributed by atoms with E-state index in [4.69, 9.17) is 4.74 Å². The van der Waals surface area contributed by atoms with Crippen molar-refractivity contribution in [1.29, 1.82) is 0 Å². The molecule has 0 heterocycles. The van der Waals surface area contributed by atoms with E-state index in [1.54, 1.807) is 59.2 Å². The van der Waals surface area contributed by atoms with E-state index < -0.39 is 5.41 Å². The number of carbonyl (C=O) groups excluding carboxylic acids is 1. The van der Waals surface area contributed by atoms with Gasteiger partial charge in [-0.15, -0.1) is 0 Å². The summed E-state index contributed by atoms with van der Waals surface area (Å²) in [6.45, 7) is 5.42. The van der Waals surface area contributed by atoms with Crippen molar-refractivity contribution in [2.75, 3.05) is 14.2 Å². The smallest absolute Gasteiger partial charge is 0.173 e. The Bertz CT molecular complexity index is 534. The number of methoxy groups -OCH3 is 1. The first-order valence-electron chi connectivity index (χ1n) is 6.36. The standard InChI is InChI=1S/C16H21NO3/c1-16(2,3)15(19)13(10-18)14(17-4)11-6-8-12(20-5)9-7-11/h6-10,18H,1-5H3/b13-10+,17-14?. The predicted molar refractivity (Wildman–Crippen MR) is 80.6 cm³/mol. The summed E-state index contributed by atoms with van der Waals surface area (Å²) in [4.78, 5) is 16.5. The van der Waals surface area contributed by atoms with Crippen molar-refractivity contribution in [2.24, 2.45) is 10.4 Å². The normalized spacial score (nSPS) is 13.2. The lowest BCUT2D eigenvalue weighted by Gasteiger charge is -2.19. The summed E-state index contributed by atoms with van der Waals surface area (Å²) in [6.07, 6.45) is 0.833. The van der Waals surface area contributed by atoms with E-state index in [-0.39, 0.29) is 11.4 Å². The van der Waals surface area contributed by atoms with Crippen LogP contribution in [0.3, 0.4) is 0 Å². The van der Waals surface area contributed by atoms with E-state index in [0.717, 1.165) is 17.6 Å². The van der Waals surface area contributed by atoms with Gasteiger partial charge in [-0.1, -0.05) is 20.8 Å². The maximum absolute atomic E-state index is 12.4. The molecule has 1 aromatic carbocycles. The summed E-state index contributed by atoms with van der Waals surface area (Å²) in [6, 6.07) is 7.19. The summed E-state index contributed by atoms with van der Waals surface area (Å²) < 4.78 is 5.10. The molecule has 0 unspecified atom stereocenters. The average Bonchev–Trinajstić information content (AvgIpc) is 2.43. The summed E-state index contributed by atoms with van der Waals surface area (Å²) in [5.41, 5.74) is 0.850. The molecule has 1 N–H and O–H groups in total. The molecule has 0 radical (unpaired) electrons. The molecule has 0 atom stereocenters. The van der Waals surface area contributed by atoms with Gasteiger partial charge in [0.05, 0.1) is 24.7 Å². The van der Waals surface area contributed by atoms with Crippen LogP contribution in [0.1, 0.15) is 26.3 Å². The zero-order valence-corrected chi connectivity index (χ0v) is 12.6. The lowest BCUT2D eigenvalue weighted by Crippen LogP contribution is -2.26. The molecule has 0 amide bonds. The Labute approximate surface area is 119 Å². The predicted octanol–water partition coefficient (Wildman–Crippen LogP) is 3.17. The molecule has 20 heavy (non-hydrogen) atoms. The number of Topliss-reactive ketones (excluding diaryl/α,β-unsaturated/α-hetero) is 1. The quantitative estimate of drug-likeness (QED) is 0.521. The highest BCUT2D eigenvalue weighted by Crippen LogP contribution is 2.23. The second kappa shape index (κ2) is 6.37. The number of rotatable bonds is 4. The van der Waals surface area contributed by atoms with Crippen molar-refractivity contribution < 1.29 is 14.6 Å². The van der Waals surface area contributed by atoms with Crippen LogP contribution in [0.15, 0.2) is 41.1 Å². The van der Waals surface area contributed by atoms with Crippen LogP contribution in [0, 0.1) is 5.41 Å². The maximum atomic E-state index is 12.4. The highest BCUT2D eigenvalue weighted by Gasteiger charge is 2.28. The number of ketones is 1. The Morgan fingerprint density at radius 1 is 1.25 bits per heavy atom. The van der Waals surface area contributed by atoms with Crippen LogP contribution >= 0.6 is 0 Å². The van der Waals surface area contributed by atoms with Gasteiger partial charge in [-0.3, -0.25) is 9.79 Å². The van der Waals surface area contributed by atoms with Gasteiger partial charge in [0, 0.05) is 18.0 Å². The number of hydrogen-bond donors (Lipinski definition) is 1. The van der Waals surface area contributed by atoms with Gasteiger partial charge in [0.15, 0.2) is 5.78 Å². The van der Waals surface area contributed by atoms with Crippen LogP contribution in [0.5, 0.6) is 5.75 Å². The zero-order chi connectivity index (χ0) is 15.3. The van der Waals surface area contributed by atoms with Gasteiger partial charge in [-0.25, -0.2) is 0 Å². The van der Waals surface area contributed by atoms with Crippen LogP contribution in [0.25, 0.3) is 0 Å². The minimum absolute atomic E-state index is 0.156. The molecule has 1 aromatic rings. The van der Waals surface area contributed by atoms with E-state index in [1.807, 2.05) is 0 Å². The molecule has 0 bridgehead atoms. The topological polar surface area (TPSA) is 58.9 Å². The summed E-state index contributed by atoms with van der Waals surface area (Å²) in [5.74, 6) is 0.567. The first-order valence-corrected chi connectivity index (χ1v) is 6.36. The fourth-order valence-corrected chi connectivity index (χ4v) is 1.79. The molecule has 0 fully saturated rings. The maximum Gasteiger partial charge on any atom is 0.173 e. The van der Waals surface area contributed by atoms with Crippen LogP contribution in [0.2, 0.25) is 0 Å². The van der Waals surface area contributed by atoms with Crippen LogP contribution < -0.4 is 4.74 Å². The van der Waals surface area contributed by atoms with Gasteiger partial charge in [-0.2, -0.15) is 0 Å². The number of ether oxygens (including phenoxy) is 1. The molecule has 0 aliphatic carbocycles. The van der Waals surface area contributed by atoms with Gasteiger partial charge in [0.25, 0.3) is 0 Å². The van der Waals surface area contributed by atoms with E-state index in [0.29, 0.717) is 5.71 Å². The van der Waals surface area contributed by atoms with E-state index in [9.17, 15) is 9.90 Å². The second-order valence-corrected chi connectivity index (χ2v) is 5.42.